The molecule has 1 heterocycles. The maximum Gasteiger partial charge on any atom is 0.339 e. The topological polar surface area (TPSA) is 120 Å². The molecule has 23 heavy (non-hydrogen) atoms. The summed E-state index contributed by atoms with van der Waals surface area (Å²) in [5.74, 6) is -0.322. The van der Waals surface area contributed by atoms with Crippen molar-refractivity contribution >= 4 is 16.9 Å². The van der Waals surface area contributed by atoms with E-state index in [9.17, 15) is 19.8 Å². The molecular weight excluding hydrogens is 302 g/mol. The number of aryl methyl sites for hydroxylation is 1. The van der Waals surface area contributed by atoms with Crippen molar-refractivity contribution in [2.45, 2.75) is 25.9 Å². The zero-order valence-corrected chi connectivity index (χ0v) is 12.7. The quantitative estimate of drug-likeness (QED) is 0.565. The molecule has 7 nitrogen and oxygen atoms in total. The first kappa shape index (κ1) is 17.0. The van der Waals surface area contributed by atoms with Crippen molar-refractivity contribution in [1.82, 2.24) is 5.32 Å². The highest BCUT2D eigenvalue weighted by molar-refractivity contribution is 5.82. The van der Waals surface area contributed by atoms with Gasteiger partial charge in [0, 0.05) is 30.0 Å². The van der Waals surface area contributed by atoms with Gasteiger partial charge >= 0.3 is 5.63 Å². The second kappa shape index (κ2) is 7.26. The predicted octanol–water partition coefficient (Wildman–Crippen LogP) is 0.209. The van der Waals surface area contributed by atoms with Crippen molar-refractivity contribution in [1.29, 1.82) is 0 Å². The highest BCUT2D eigenvalue weighted by Gasteiger charge is 2.14. The molecule has 1 amide bonds. The van der Waals surface area contributed by atoms with Gasteiger partial charge in [-0.1, -0.05) is 0 Å². The van der Waals surface area contributed by atoms with Gasteiger partial charge in [-0.05, 0) is 31.0 Å². The zero-order valence-electron chi connectivity index (χ0n) is 12.7. The van der Waals surface area contributed by atoms with Crippen LogP contribution in [0.2, 0.25) is 0 Å². The average molecular weight is 321 g/mol. The van der Waals surface area contributed by atoms with E-state index in [1.165, 1.54) is 12.1 Å². The van der Waals surface area contributed by atoms with E-state index in [0.29, 0.717) is 22.1 Å². The lowest BCUT2D eigenvalue weighted by Gasteiger charge is -2.10. The number of aromatic hydroxyl groups is 1. The van der Waals surface area contributed by atoms with Gasteiger partial charge in [0.25, 0.3) is 0 Å². The third-order valence-corrected chi connectivity index (χ3v) is 3.62. The van der Waals surface area contributed by atoms with Crippen molar-refractivity contribution in [2.75, 3.05) is 13.2 Å². The molecule has 7 heteroatoms. The highest BCUT2D eigenvalue weighted by atomic mass is 16.4. The molecule has 0 unspecified atom stereocenters. The Labute approximate surface area is 132 Å². The average Bonchev–Trinajstić information content (AvgIpc) is 2.51. The van der Waals surface area contributed by atoms with Crippen molar-refractivity contribution in [3.8, 4) is 5.75 Å². The first-order chi connectivity index (χ1) is 10.9. The number of hydrogen-bond donors (Lipinski definition) is 4. The number of benzene rings is 1. The van der Waals surface area contributed by atoms with E-state index in [1.807, 2.05) is 0 Å². The molecule has 0 bridgehead atoms. The molecule has 0 aliphatic heterocycles. The van der Waals surface area contributed by atoms with Gasteiger partial charge < -0.3 is 25.1 Å². The number of nitrogens with one attached hydrogen (secondary N) is 1. The monoisotopic (exact) mass is 321 g/mol. The summed E-state index contributed by atoms with van der Waals surface area (Å²) in [6.07, 6.45) is -0.738. The normalized spacial score (nSPS) is 12.3. The molecule has 0 saturated heterocycles. The van der Waals surface area contributed by atoms with E-state index in [4.69, 9.17) is 9.52 Å². The Balaban J connectivity index is 2.13. The van der Waals surface area contributed by atoms with E-state index < -0.39 is 18.3 Å². The van der Waals surface area contributed by atoms with Crippen LogP contribution in [-0.4, -0.2) is 40.5 Å². The summed E-state index contributed by atoms with van der Waals surface area (Å²) >= 11 is 0. The largest absolute Gasteiger partial charge is 0.508 e. The molecule has 0 aliphatic carbocycles. The van der Waals surface area contributed by atoms with Crippen LogP contribution in [0.4, 0.5) is 0 Å². The number of phenols is 1. The second-order valence-corrected chi connectivity index (χ2v) is 5.31. The van der Waals surface area contributed by atoms with Crippen LogP contribution in [0.1, 0.15) is 17.5 Å². The van der Waals surface area contributed by atoms with Crippen LogP contribution in [-0.2, 0) is 11.2 Å². The van der Waals surface area contributed by atoms with Gasteiger partial charge in [0.1, 0.15) is 11.3 Å². The molecule has 0 spiro atoms. The summed E-state index contributed by atoms with van der Waals surface area (Å²) < 4.78 is 5.18. The molecule has 2 aromatic rings. The van der Waals surface area contributed by atoms with E-state index in [0.717, 1.165) is 0 Å². The number of fused-ring (bicyclic) bond motifs is 1. The van der Waals surface area contributed by atoms with E-state index in [2.05, 4.69) is 5.32 Å². The van der Waals surface area contributed by atoms with Gasteiger partial charge in [-0.25, -0.2) is 4.79 Å². The van der Waals surface area contributed by atoms with Gasteiger partial charge in [-0.3, -0.25) is 4.79 Å². The lowest BCUT2D eigenvalue weighted by molar-refractivity contribution is -0.121. The number of aliphatic hydroxyl groups excluding tert-OH is 2. The van der Waals surface area contributed by atoms with Crippen LogP contribution < -0.4 is 10.9 Å². The van der Waals surface area contributed by atoms with Crippen LogP contribution in [0.15, 0.2) is 27.4 Å². The van der Waals surface area contributed by atoms with Crippen molar-refractivity contribution in [3.05, 3.63) is 39.7 Å². The Morgan fingerprint density at radius 1 is 1.39 bits per heavy atom. The van der Waals surface area contributed by atoms with Crippen LogP contribution >= 0.6 is 0 Å². The van der Waals surface area contributed by atoms with Crippen LogP contribution in [0.25, 0.3) is 11.0 Å². The number of phenolic OH excluding ortho intramolecular Hbond substituents is 1. The Morgan fingerprint density at radius 2 is 2.13 bits per heavy atom. The smallest absolute Gasteiger partial charge is 0.339 e. The lowest BCUT2D eigenvalue weighted by atomic mass is 10.0. The van der Waals surface area contributed by atoms with Gasteiger partial charge in [0.05, 0.1) is 12.7 Å². The summed E-state index contributed by atoms with van der Waals surface area (Å²) in [7, 11) is 0. The number of amides is 1. The second-order valence-electron chi connectivity index (χ2n) is 5.31. The number of rotatable bonds is 6. The molecule has 4 N–H and O–H groups in total. The molecule has 2 rings (SSSR count). The summed E-state index contributed by atoms with van der Waals surface area (Å²) in [5, 5.41) is 30.4. The number of aliphatic hydroxyl groups is 2. The third-order valence-electron chi connectivity index (χ3n) is 3.62. The molecule has 0 aliphatic rings. The summed E-state index contributed by atoms with van der Waals surface area (Å²) in [6.45, 7) is 1.29. The highest BCUT2D eigenvalue weighted by Crippen LogP contribution is 2.23. The maximum absolute atomic E-state index is 12.0. The minimum Gasteiger partial charge on any atom is -0.508 e. The molecule has 0 radical (unpaired) electrons. The lowest BCUT2D eigenvalue weighted by Crippen LogP contribution is -2.34. The summed E-state index contributed by atoms with van der Waals surface area (Å²) in [4.78, 5) is 23.7. The molecule has 1 aromatic heterocycles. The van der Waals surface area contributed by atoms with Crippen molar-refractivity contribution in [2.24, 2.45) is 0 Å². The standard InChI is InChI=1S/C16H19NO6/c1-9-12-3-2-10(19)6-14(12)23-16(22)13(9)4-5-15(21)17-7-11(20)8-18/h2-3,6,11,18-20H,4-5,7-8H2,1H3,(H,17,21)/t11-/m1/s1. The molecule has 0 fully saturated rings. The molecule has 1 aromatic carbocycles. The van der Waals surface area contributed by atoms with E-state index in [-0.39, 0.29) is 31.0 Å². The van der Waals surface area contributed by atoms with Crippen LogP contribution in [0.5, 0.6) is 5.75 Å². The molecular formula is C16H19NO6. The SMILES string of the molecule is Cc1c(CCC(=O)NC[C@@H](O)CO)c(=O)oc2cc(O)ccc12. The molecule has 0 saturated carbocycles. The van der Waals surface area contributed by atoms with Gasteiger partial charge in [-0.2, -0.15) is 0 Å². The minimum absolute atomic E-state index is 0.00891. The Morgan fingerprint density at radius 3 is 2.83 bits per heavy atom. The predicted molar refractivity (Wildman–Crippen MR) is 83.3 cm³/mol. The summed E-state index contributed by atoms with van der Waals surface area (Å²) in [5.41, 5.74) is 0.871. The van der Waals surface area contributed by atoms with E-state index in [1.54, 1.807) is 13.0 Å². The molecule has 1 atom stereocenters. The van der Waals surface area contributed by atoms with Gasteiger partial charge in [0.2, 0.25) is 5.91 Å². The fraction of sp³-hybridized carbons (Fsp3) is 0.375. The van der Waals surface area contributed by atoms with Crippen molar-refractivity contribution in [3.63, 3.8) is 0 Å². The Hall–Kier alpha value is -2.38. The Kier molecular flexibility index (Phi) is 5.36. The first-order valence-electron chi connectivity index (χ1n) is 7.23. The maximum atomic E-state index is 12.0. The van der Waals surface area contributed by atoms with Crippen LogP contribution in [0.3, 0.4) is 0 Å². The molecule has 124 valence electrons. The van der Waals surface area contributed by atoms with E-state index >= 15 is 0 Å². The zero-order chi connectivity index (χ0) is 17.0. The fourth-order valence-corrected chi connectivity index (χ4v) is 2.30. The van der Waals surface area contributed by atoms with Crippen LogP contribution in [0, 0.1) is 6.92 Å². The Bertz CT molecular complexity index is 767. The van der Waals surface area contributed by atoms with Gasteiger partial charge in [0.15, 0.2) is 0 Å². The number of carbonyl (C=O) groups is 1. The number of hydrogen-bond acceptors (Lipinski definition) is 6. The van der Waals surface area contributed by atoms with Gasteiger partial charge in [-0.15, -0.1) is 0 Å². The number of carbonyl (C=O) groups excluding carboxylic acids is 1. The minimum atomic E-state index is -1.00. The fourth-order valence-electron chi connectivity index (χ4n) is 2.30. The third kappa shape index (κ3) is 4.08. The van der Waals surface area contributed by atoms with Crippen molar-refractivity contribution < 1.29 is 24.5 Å². The summed E-state index contributed by atoms with van der Waals surface area (Å²) in [6, 6.07) is 4.53. The first-order valence-corrected chi connectivity index (χ1v) is 7.23.